The van der Waals surface area contributed by atoms with Crippen LogP contribution < -0.4 is 0 Å². The molecular weight excluding hydrogens is 258 g/mol. The molecule has 2 rings (SSSR count). The molecule has 0 amide bonds. The van der Waals surface area contributed by atoms with Crippen molar-refractivity contribution in [3.63, 3.8) is 0 Å². The molecule has 0 N–H and O–H groups in total. The molecular formula is C14H23N3O3. The largest absolute Gasteiger partial charge is 0.464 e. The van der Waals surface area contributed by atoms with Crippen LogP contribution in [0, 0.1) is 0 Å². The standard InChI is InChI=1S/C14H23N3O3/c1-10(2)13-12(14(18)19-3)15-16-17(13)8-4-6-11-7-5-9-20-11/h10-11H,4-9H2,1-3H3. The third kappa shape index (κ3) is 3.36. The molecule has 1 saturated heterocycles. The van der Waals surface area contributed by atoms with Gasteiger partial charge in [0.15, 0.2) is 5.69 Å². The monoisotopic (exact) mass is 281 g/mol. The third-order valence-electron chi connectivity index (χ3n) is 3.62. The van der Waals surface area contributed by atoms with Crippen LogP contribution in [0.5, 0.6) is 0 Å². The Labute approximate surface area is 119 Å². The number of rotatable bonds is 6. The highest BCUT2D eigenvalue weighted by Gasteiger charge is 2.23. The molecule has 2 heterocycles. The summed E-state index contributed by atoms with van der Waals surface area (Å²) in [5, 5.41) is 8.06. The topological polar surface area (TPSA) is 66.2 Å². The van der Waals surface area contributed by atoms with Gasteiger partial charge in [-0.05, 0) is 31.6 Å². The van der Waals surface area contributed by atoms with Crippen molar-refractivity contribution in [2.24, 2.45) is 0 Å². The fourth-order valence-electron chi connectivity index (χ4n) is 2.64. The summed E-state index contributed by atoms with van der Waals surface area (Å²) in [6.45, 7) is 5.71. The lowest BCUT2D eigenvalue weighted by Crippen LogP contribution is -2.13. The minimum Gasteiger partial charge on any atom is -0.464 e. The van der Waals surface area contributed by atoms with Gasteiger partial charge in [-0.3, -0.25) is 0 Å². The molecule has 0 radical (unpaired) electrons. The van der Waals surface area contributed by atoms with Crippen LogP contribution in [0.1, 0.15) is 61.6 Å². The molecule has 0 aromatic carbocycles. The lowest BCUT2D eigenvalue weighted by atomic mass is 10.1. The van der Waals surface area contributed by atoms with Gasteiger partial charge in [0.25, 0.3) is 0 Å². The van der Waals surface area contributed by atoms with Crippen molar-refractivity contribution in [1.29, 1.82) is 0 Å². The van der Waals surface area contributed by atoms with Gasteiger partial charge in [-0.2, -0.15) is 0 Å². The van der Waals surface area contributed by atoms with Crippen LogP contribution >= 0.6 is 0 Å². The maximum atomic E-state index is 11.7. The van der Waals surface area contributed by atoms with Gasteiger partial charge in [0, 0.05) is 13.2 Å². The smallest absolute Gasteiger partial charge is 0.360 e. The van der Waals surface area contributed by atoms with E-state index in [1.165, 1.54) is 7.11 Å². The molecule has 0 bridgehead atoms. The number of esters is 1. The van der Waals surface area contributed by atoms with Gasteiger partial charge in [-0.15, -0.1) is 5.10 Å². The van der Waals surface area contributed by atoms with Crippen molar-refractivity contribution in [1.82, 2.24) is 15.0 Å². The van der Waals surface area contributed by atoms with E-state index in [0.29, 0.717) is 11.8 Å². The second-order valence-electron chi connectivity index (χ2n) is 5.47. The summed E-state index contributed by atoms with van der Waals surface area (Å²) in [5.41, 5.74) is 1.18. The molecule has 0 aliphatic carbocycles. The molecule has 6 nitrogen and oxygen atoms in total. The Morgan fingerprint density at radius 1 is 1.55 bits per heavy atom. The van der Waals surface area contributed by atoms with Gasteiger partial charge in [0.1, 0.15) is 0 Å². The van der Waals surface area contributed by atoms with E-state index in [1.807, 2.05) is 18.5 Å². The second kappa shape index (κ2) is 6.83. The highest BCUT2D eigenvalue weighted by Crippen LogP contribution is 2.21. The average Bonchev–Trinajstić information content (AvgIpc) is 3.07. The molecule has 1 aromatic rings. The summed E-state index contributed by atoms with van der Waals surface area (Å²) in [7, 11) is 1.36. The maximum Gasteiger partial charge on any atom is 0.360 e. The fraction of sp³-hybridized carbons (Fsp3) is 0.786. The summed E-state index contributed by atoms with van der Waals surface area (Å²) in [6, 6.07) is 0. The lowest BCUT2D eigenvalue weighted by molar-refractivity contribution is 0.0592. The number of hydrogen-bond acceptors (Lipinski definition) is 5. The van der Waals surface area contributed by atoms with Crippen LogP contribution in [0.4, 0.5) is 0 Å². The van der Waals surface area contributed by atoms with Gasteiger partial charge < -0.3 is 9.47 Å². The Balaban J connectivity index is 1.99. The number of carbonyl (C=O) groups is 1. The van der Waals surface area contributed by atoms with Gasteiger partial charge >= 0.3 is 5.97 Å². The lowest BCUT2D eigenvalue weighted by Gasteiger charge is -2.12. The summed E-state index contributed by atoms with van der Waals surface area (Å²) < 4.78 is 12.2. The summed E-state index contributed by atoms with van der Waals surface area (Å²) >= 11 is 0. The molecule has 1 aromatic heterocycles. The van der Waals surface area contributed by atoms with Crippen LogP contribution in [0.25, 0.3) is 0 Å². The minimum atomic E-state index is -0.418. The SMILES string of the molecule is COC(=O)c1nnn(CCCC2CCCO2)c1C(C)C. The van der Waals surface area contributed by atoms with E-state index in [1.54, 1.807) is 0 Å². The minimum absolute atomic E-state index is 0.182. The molecule has 20 heavy (non-hydrogen) atoms. The molecule has 0 spiro atoms. The molecule has 6 heteroatoms. The summed E-state index contributed by atoms with van der Waals surface area (Å²) in [5.74, 6) is -0.235. The van der Waals surface area contributed by atoms with Crippen molar-refractivity contribution < 1.29 is 14.3 Å². The molecule has 1 atom stereocenters. The summed E-state index contributed by atoms with van der Waals surface area (Å²) in [6.07, 6.45) is 4.72. The van der Waals surface area contributed by atoms with Crippen LogP contribution in [0.15, 0.2) is 0 Å². The molecule has 1 unspecified atom stereocenters. The fourth-order valence-corrected chi connectivity index (χ4v) is 2.64. The van der Waals surface area contributed by atoms with E-state index in [2.05, 4.69) is 10.3 Å². The van der Waals surface area contributed by atoms with Crippen molar-refractivity contribution in [3.05, 3.63) is 11.4 Å². The molecule has 1 aliphatic heterocycles. The van der Waals surface area contributed by atoms with Gasteiger partial charge in [-0.1, -0.05) is 19.1 Å². The number of carbonyl (C=O) groups excluding carboxylic acids is 1. The van der Waals surface area contributed by atoms with Gasteiger partial charge in [0.05, 0.1) is 18.9 Å². The number of nitrogens with zero attached hydrogens (tertiary/aromatic N) is 3. The molecule has 112 valence electrons. The summed E-state index contributed by atoms with van der Waals surface area (Å²) in [4.78, 5) is 11.7. The molecule has 0 saturated carbocycles. The predicted molar refractivity (Wildman–Crippen MR) is 73.7 cm³/mol. The number of ether oxygens (including phenoxy) is 2. The van der Waals surface area contributed by atoms with Crippen LogP contribution in [-0.4, -0.2) is 40.8 Å². The Morgan fingerprint density at radius 2 is 2.35 bits per heavy atom. The first-order chi connectivity index (χ1) is 9.63. The zero-order valence-electron chi connectivity index (χ0n) is 12.5. The first-order valence-corrected chi connectivity index (χ1v) is 7.26. The number of hydrogen-bond donors (Lipinski definition) is 0. The number of methoxy groups -OCH3 is 1. The Hall–Kier alpha value is -1.43. The van der Waals surface area contributed by atoms with Gasteiger partial charge in [0.2, 0.25) is 0 Å². The average molecular weight is 281 g/mol. The number of aryl methyl sites for hydroxylation is 1. The van der Waals surface area contributed by atoms with E-state index in [4.69, 9.17) is 9.47 Å². The van der Waals surface area contributed by atoms with E-state index >= 15 is 0 Å². The van der Waals surface area contributed by atoms with E-state index in [0.717, 1.165) is 44.5 Å². The molecule has 1 aliphatic rings. The Kier molecular flexibility index (Phi) is 5.11. The third-order valence-corrected chi connectivity index (χ3v) is 3.62. The highest BCUT2D eigenvalue weighted by molar-refractivity contribution is 5.88. The zero-order valence-corrected chi connectivity index (χ0v) is 12.5. The van der Waals surface area contributed by atoms with Crippen molar-refractivity contribution in [2.45, 2.75) is 58.1 Å². The Bertz CT molecular complexity index is 451. The van der Waals surface area contributed by atoms with Crippen molar-refractivity contribution >= 4 is 5.97 Å². The quantitative estimate of drug-likeness (QED) is 0.747. The highest BCUT2D eigenvalue weighted by atomic mass is 16.5. The van der Waals surface area contributed by atoms with Gasteiger partial charge in [-0.25, -0.2) is 9.48 Å². The first-order valence-electron chi connectivity index (χ1n) is 7.26. The second-order valence-corrected chi connectivity index (χ2v) is 5.47. The van der Waals surface area contributed by atoms with E-state index < -0.39 is 5.97 Å². The number of aromatic nitrogens is 3. The van der Waals surface area contributed by atoms with E-state index in [-0.39, 0.29) is 5.92 Å². The van der Waals surface area contributed by atoms with E-state index in [9.17, 15) is 4.79 Å². The molecule has 1 fully saturated rings. The zero-order chi connectivity index (χ0) is 14.5. The van der Waals surface area contributed by atoms with Crippen molar-refractivity contribution in [3.8, 4) is 0 Å². The first kappa shape index (κ1) is 15.0. The Morgan fingerprint density at radius 3 is 2.95 bits per heavy atom. The van der Waals surface area contributed by atoms with Crippen LogP contribution in [0.2, 0.25) is 0 Å². The normalized spacial score (nSPS) is 18.7. The van der Waals surface area contributed by atoms with Crippen molar-refractivity contribution in [2.75, 3.05) is 13.7 Å². The maximum absolute atomic E-state index is 11.7. The van der Waals surface area contributed by atoms with Crippen LogP contribution in [-0.2, 0) is 16.0 Å². The predicted octanol–water partition coefficient (Wildman–Crippen LogP) is 2.15. The van der Waals surface area contributed by atoms with Crippen LogP contribution in [0.3, 0.4) is 0 Å².